The van der Waals surface area contributed by atoms with Crippen LogP contribution in [0.25, 0.3) is 5.70 Å². The predicted octanol–water partition coefficient (Wildman–Crippen LogP) is 0.972. The molecule has 0 fully saturated rings. The van der Waals surface area contributed by atoms with Gasteiger partial charge in [-0.15, -0.1) is 0 Å². The van der Waals surface area contributed by atoms with E-state index in [9.17, 15) is 5.11 Å². The molecule has 60 valence electrons. The van der Waals surface area contributed by atoms with Crippen molar-refractivity contribution in [2.24, 2.45) is 0 Å². The van der Waals surface area contributed by atoms with E-state index in [1.54, 1.807) is 6.92 Å². The number of aromatic hydroxyl groups is 2. The highest BCUT2D eigenvalue weighted by Crippen LogP contribution is 2.31. The van der Waals surface area contributed by atoms with Crippen LogP contribution in [0.5, 0.6) is 11.8 Å². The lowest BCUT2D eigenvalue weighted by molar-refractivity contribution is 0.405. The zero-order valence-corrected chi connectivity index (χ0v) is 6.20. The minimum absolute atomic E-state index is 0.104. The summed E-state index contributed by atoms with van der Waals surface area (Å²) in [6.07, 6.45) is 0. The first-order valence-corrected chi connectivity index (χ1v) is 3.09. The topological polar surface area (TPSA) is 71.4 Å². The molecule has 0 aliphatic carbocycles. The minimum atomic E-state index is -0.171. The van der Waals surface area contributed by atoms with Crippen LogP contribution in [-0.2, 0) is 0 Å². The maximum atomic E-state index is 9.21. The summed E-state index contributed by atoms with van der Waals surface area (Å²) in [5.74, 6) is -0.275. The van der Waals surface area contributed by atoms with E-state index < -0.39 is 0 Å². The Labute approximate surface area is 64.2 Å². The zero-order chi connectivity index (χ0) is 8.59. The number of hydrogen-bond acceptors (Lipinski definition) is 3. The van der Waals surface area contributed by atoms with Crippen molar-refractivity contribution in [3.8, 4) is 11.8 Å². The third kappa shape index (κ3) is 1.02. The largest absolute Gasteiger partial charge is 0.494 e. The Morgan fingerprint density at radius 3 is 2.36 bits per heavy atom. The second kappa shape index (κ2) is 2.23. The number of rotatable bonds is 1. The first kappa shape index (κ1) is 7.53. The Morgan fingerprint density at radius 1 is 1.64 bits per heavy atom. The van der Waals surface area contributed by atoms with Gasteiger partial charge in [0.05, 0.1) is 5.69 Å². The molecule has 0 atom stereocenters. The summed E-state index contributed by atoms with van der Waals surface area (Å²) >= 11 is 0. The molecule has 0 saturated carbocycles. The van der Waals surface area contributed by atoms with Gasteiger partial charge < -0.3 is 15.9 Å². The molecule has 4 heteroatoms. The van der Waals surface area contributed by atoms with Crippen molar-refractivity contribution in [3.63, 3.8) is 0 Å². The molecular weight excluding hydrogens is 144 g/mol. The zero-order valence-electron chi connectivity index (χ0n) is 6.20. The molecule has 0 aliphatic rings. The highest BCUT2D eigenvalue weighted by Gasteiger charge is 2.10. The van der Waals surface area contributed by atoms with E-state index in [0.717, 1.165) is 4.57 Å². The predicted molar refractivity (Wildman–Crippen MR) is 43.2 cm³/mol. The quantitative estimate of drug-likeness (QED) is 0.564. The number of nitrogen functional groups attached to an aromatic ring is 1. The molecule has 0 bridgehead atoms. The number of nitrogens with zero attached hydrogens (tertiary/aromatic N) is 1. The molecule has 0 radical (unpaired) electrons. The van der Waals surface area contributed by atoms with Crippen molar-refractivity contribution in [1.82, 2.24) is 4.57 Å². The fraction of sp³-hybridized carbons (Fsp3) is 0.143. The van der Waals surface area contributed by atoms with Crippen molar-refractivity contribution in [1.29, 1.82) is 0 Å². The Hall–Kier alpha value is -1.58. The Bertz CT molecular complexity index is 302. The van der Waals surface area contributed by atoms with Gasteiger partial charge in [0, 0.05) is 11.8 Å². The lowest BCUT2D eigenvalue weighted by Crippen LogP contribution is -1.90. The number of nitrogens with two attached hydrogens (primary N) is 1. The SMILES string of the molecule is C=C(C)n1c(O)cc(N)c1O. The third-order valence-corrected chi connectivity index (χ3v) is 1.37. The summed E-state index contributed by atoms with van der Waals surface area (Å²) < 4.78 is 1.16. The molecule has 1 heterocycles. The summed E-state index contributed by atoms with van der Waals surface area (Å²) in [6, 6.07) is 1.27. The van der Waals surface area contributed by atoms with Crippen LogP contribution in [0.3, 0.4) is 0 Å². The minimum Gasteiger partial charge on any atom is -0.494 e. The molecule has 1 rings (SSSR count). The molecule has 1 aromatic rings. The highest BCUT2D eigenvalue weighted by atomic mass is 16.3. The van der Waals surface area contributed by atoms with Crippen LogP contribution < -0.4 is 5.73 Å². The maximum Gasteiger partial charge on any atom is 0.222 e. The van der Waals surface area contributed by atoms with Crippen LogP contribution >= 0.6 is 0 Å². The van der Waals surface area contributed by atoms with Crippen LogP contribution in [0.2, 0.25) is 0 Å². The monoisotopic (exact) mass is 154 g/mol. The molecule has 0 spiro atoms. The Kier molecular flexibility index (Phi) is 1.53. The Morgan fingerprint density at radius 2 is 2.18 bits per heavy atom. The van der Waals surface area contributed by atoms with Gasteiger partial charge in [0.2, 0.25) is 5.88 Å². The van der Waals surface area contributed by atoms with E-state index >= 15 is 0 Å². The standard InChI is InChI=1S/C7H10N2O2/c1-4(2)9-6(10)3-5(8)7(9)11/h3,10-11H,1,8H2,2H3. The van der Waals surface area contributed by atoms with Crippen molar-refractivity contribution in [2.45, 2.75) is 6.92 Å². The van der Waals surface area contributed by atoms with E-state index in [4.69, 9.17) is 10.8 Å². The first-order valence-electron chi connectivity index (χ1n) is 3.09. The lowest BCUT2D eigenvalue weighted by atomic mass is 10.5. The molecule has 0 aliphatic heterocycles. The highest BCUT2D eigenvalue weighted by molar-refractivity contribution is 5.61. The average molecular weight is 154 g/mol. The van der Waals surface area contributed by atoms with Crippen molar-refractivity contribution in [3.05, 3.63) is 12.6 Å². The van der Waals surface area contributed by atoms with Gasteiger partial charge in [0.25, 0.3) is 0 Å². The summed E-state index contributed by atoms with van der Waals surface area (Å²) in [7, 11) is 0. The summed E-state index contributed by atoms with van der Waals surface area (Å²) in [6.45, 7) is 5.20. The number of anilines is 1. The number of hydrogen-bond donors (Lipinski definition) is 3. The second-order valence-electron chi connectivity index (χ2n) is 2.35. The molecule has 11 heavy (non-hydrogen) atoms. The van der Waals surface area contributed by atoms with E-state index in [-0.39, 0.29) is 17.4 Å². The van der Waals surface area contributed by atoms with Crippen molar-refractivity contribution < 1.29 is 10.2 Å². The van der Waals surface area contributed by atoms with Gasteiger partial charge in [-0.25, -0.2) is 0 Å². The number of aromatic nitrogens is 1. The maximum absolute atomic E-state index is 9.21. The van der Waals surface area contributed by atoms with Gasteiger partial charge in [0.1, 0.15) is 0 Å². The lowest BCUT2D eigenvalue weighted by Gasteiger charge is -2.03. The summed E-state index contributed by atoms with van der Waals surface area (Å²) in [5.41, 5.74) is 5.96. The fourth-order valence-electron chi connectivity index (χ4n) is 0.882. The molecule has 1 aromatic heterocycles. The van der Waals surface area contributed by atoms with E-state index in [2.05, 4.69) is 6.58 Å². The summed E-state index contributed by atoms with van der Waals surface area (Å²) in [5, 5.41) is 18.4. The van der Waals surface area contributed by atoms with Crippen molar-refractivity contribution in [2.75, 3.05) is 5.73 Å². The Balaban J connectivity index is 3.34. The van der Waals surface area contributed by atoms with Gasteiger partial charge in [-0.05, 0) is 6.92 Å². The van der Waals surface area contributed by atoms with Gasteiger partial charge >= 0.3 is 0 Å². The number of allylic oxidation sites excluding steroid dienone is 1. The van der Waals surface area contributed by atoms with E-state index in [1.165, 1.54) is 6.07 Å². The molecule has 0 amide bonds. The molecular formula is C7H10N2O2. The van der Waals surface area contributed by atoms with Crippen LogP contribution in [0.4, 0.5) is 5.69 Å². The van der Waals surface area contributed by atoms with Crippen LogP contribution in [0.15, 0.2) is 12.6 Å². The van der Waals surface area contributed by atoms with Gasteiger partial charge in [-0.1, -0.05) is 6.58 Å². The van der Waals surface area contributed by atoms with E-state index in [1.807, 2.05) is 0 Å². The van der Waals surface area contributed by atoms with Crippen molar-refractivity contribution >= 4 is 11.4 Å². The third-order valence-electron chi connectivity index (χ3n) is 1.37. The molecule has 4 N–H and O–H groups in total. The van der Waals surface area contributed by atoms with Crippen LogP contribution in [-0.4, -0.2) is 14.8 Å². The van der Waals surface area contributed by atoms with E-state index in [0.29, 0.717) is 5.70 Å². The second-order valence-corrected chi connectivity index (χ2v) is 2.35. The molecule has 0 aromatic carbocycles. The average Bonchev–Trinajstić information content (AvgIpc) is 2.07. The molecule has 0 unspecified atom stereocenters. The first-order chi connectivity index (χ1) is 5.04. The molecule has 0 saturated heterocycles. The van der Waals surface area contributed by atoms with Crippen LogP contribution in [0, 0.1) is 0 Å². The molecule has 4 nitrogen and oxygen atoms in total. The van der Waals surface area contributed by atoms with Gasteiger partial charge in [-0.3, -0.25) is 4.57 Å². The normalized spacial score (nSPS) is 9.91. The summed E-state index contributed by atoms with van der Waals surface area (Å²) in [4.78, 5) is 0. The van der Waals surface area contributed by atoms with Gasteiger partial charge in [-0.2, -0.15) is 0 Å². The van der Waals surface area contributed by atoms with Gasteiger partial charge in [0.15, 0.2) is 5.88 Å². The fourth-order valence-corrected chi connectivity index (χ4v) is 0.882. The smallest absolute Gasteiger partial charge is 0.222 e. The van der Waals surface area contributed by atoms with Crippen LogP contribution in [0.1, 0.15) is 6.92 Å².